The van der Waals surface area contributed by atoms with Crippen LogP contribution in [0.25, 0.3) is 0 Å². The summed E-state index contributed by atoms with van der Waals surface area (Å²) in [7, 11) is 0. The van der Waals surface area contributed by atoms with Crippen molar-refractivity contribution in [3.8, 4) is 0 Å². The predicted molar refractivity (Wildman–Crippen MR) is 75.1 cm³/mol. The van der Waals surface area contributed by atoms with Gasteiger partial charge in [-0.25, -0.2) is 0 Å². The third-order valence-corrected chi connectivity index (χ3v) is 3.48. The molecule has 98 valence electrons. The molecule has 1 unspecified atom stereocenters. The van der Waals surface area contributed by atoms with Crippen LogP contribution in [0.5, 0.6) is 0 Å². The highest BCUT2D eigenvalue weighted by atomic mass is 15.0. The highest BCUT2D eigenvalue weighted by molar-refractivity contribution is 5.07. The maximum Gasteiger partial charge on any atom is 0.0359 e. The van der Waals surface area contributed by atoms with Gasteiger partial charge in [-0.05, 0) is 31.0 Å². The van der Waals surface area contributed by atoms with E-state index in [0.717, 1.165) is 19.0 Å². The van der Waals surface area contributed by atoms with Crippen molar-refractivity contribution in [3.05, 3.63) is 24.0 Å². The van der Waals surface area contributed by atoms with E-state index in [4.69, 9.17) is 0 Å². The van der Waals surface area contributed by atoms with Gasteiger partial charge >= 0.3 is 0 Å². The summed E-state index contributed by atoms with van der Waals surface area (Å²) in [6.07, 6.45) is 7.56. The minimum absolute atomic E-state index is 0.836. The van der Waals surface area contributed by atoms with E-state index in [1.54, 1.807) is 0 Å². The number of nitrogens with one attached hydrogen (secondary N) is 1. The van der Waals surface area contributed by atoms with Crippen molar-refractivity contribution in [2.75, 3.05) is 6.54 Å². The molecule has 0 radical (unpaired) electrons. The first kappa shape index (κ1) is 14.3. The summed E-state index contributed by atoms with van der Waals surface area (Å²) in [5.74, 6) is 0.836. The molecule has 1 aromatic heterocycles. The second kappa shape index (κ2) is 8.35. The van der Waals surface area contributed by atoms with Crippen LogP contribution < -0.4 is 5.32 Å². The van der Waals surface area contributed by atoms with Crippen molar-refractivity contribution in [2.24, 2.45) is 5.92 Å². The van der Waals surface area contributed by atoms with Crippen molar-refractivity contribution < 1.29 is 0 Å². The molecular weight excluding hydrogens is 208 g/mol. The maximum absolute atomic E-state index is 3.40. The van der Waals surface area contributed by atoms with Crippen LogP contribution in [0.1, 0.15) is 52.1 Å². The van der Waals surface area contributed by atoms with Crippen molar-refractivity contribution in [2.45, 2.75) is 59.5 Å². The Balaban J connectivity index is 2.50. The maximum atomic E-state index is 3.40. The fourth-order valence-electron chi connectivity index (χ4n) is 2.24. The molecular formula is C15H28N2. The standard InChI is InChI=1S/C15H28N2/c1-4-7-9-14(5-2)13-17-11-8-10-15(17)12-16-6-3/h8,10-11,14,16H,4-7,9,12-13H2,1-3H3. The summed E-state index contributed by atoms with van der Waals surface area (Å²) >= 11 is 0. The monoisotopic (exact) mass is 236 g/mol. The van der Waals surface area contributed by atoms with Gasteiger partial charge in [0.1, 0.15) is 0 Å². The van der Waals surface area contributed by atoms with Crippen LogP contribution in [0.3, 0.4) is 0 Å². The highest BCUT2D eigenvalue weighted by Crippen LogP contribution is 2.16. The third kappa shape index (κ3) is 4.95. The van der Waals surface area contributed by atoms with Gasteiger partial charge in [-0.2, -0.15) is 0 Å². The first-order valence-corrected chi connectivity index (χ1v) is 7.16. The van der Waals surface area contributed by atoms with E-state index in [9.17, 15) is 0 Å². The van der Waals surface area contributed by atoms with Crippen LogP contribution in [-0.2, 0) is 13.1 Å². The lowest BCUT2D eigenvalue weighted by atomic mass is 9.99. The molecule has 0 aromatic carbocycles. The highest BCUT2D eigenvalue weighted by Gasteiger charge is 2.08. The van der Waals surface area contributed by atoms with Crippen LogP contribution >= 0.6 is 0 Å². The zero-order valence-corrected chi connectivity index (χ0v) is 11.7. The summed E-state index contributed by atoms with van der Waals surface area (Å²) in [4.78, 5) is 0. The predicted octanol–water partition coefficient (Wildman–Crippen LogP) is 3.81. The molecule has 1 N–H and O–H groups in total. The van der Waals surface area contributed by atoms with Crippen LogP contribution in [0.15, 0.2) is 18.3 Å². The van der Waals surface area contributed by atoms with Crippen LogP contribution in [-0.4, -0.2) is 11.1 Å². The van der Waals surface area contributed by atoms with Crippen molar-refractivity contribution in [1.82, 2.24) is 9.88 Å². The Kier molecular flexibility index (Phi) is 7.02. The van der Waals surface area contributed by atoms with Gasteiger partial charge in [0.15, 0.2) is 0 Å². The molecule has 0 fully saturated rings. The smallest absolute Gasteiger partial charge is 0.0359 e. The average Bonchev–Trinajstić information content (AvgIpc) is 2.79. The Morgan fingerprint density at radius 1 is 1.29 bits per heavy atom. The molecule has 1 rings (SSSR count). The van der Waals surface area contributed by atoms with Gasteiger partial charge in [0.25, 0.3) is 0 Å². The third-order valence-electron chi connectivity index (χ3n) is 3.48. The zero-order valence-electron chi connectivity index (χ0n) is 11.7. The van der Waals surface area contributed by atoms with E-state index in [1.165, 1.54) is 37.9 Å². The average molecular weight is 236 g/mol. The van der Waals surface area contributed by atoms with Crippen molar-refractivity contribution in [1.29, 1.82) is 0 Å². The second-order valence-corrected chi connectivity index (χ2v) is 4.85. The van der Waals surface area contributed by atoms with Crippen molar-refractivity contribution in [3.63, 3.8) is 0 Å². The molecule has 0 bridgehead atoms. The molecule has 0 aliphatic heterocycles. The van der Waals surface area contributed by atoms with E-state index in [2.05, 4.69) is 49.0 Å². The van der Waals surface area contributed by atoms with Gasteiger partial charge in [-0.1, -0.05) is 40.0 Å². The van der Waals surface area contributed by atoms with E-state index >= 15 is 0 Å². The van der Waals surface area contributed by atoms with Gasteiger partial charge in [0.05, 0.1) is 0 Å². The molecule has 17 heavy (non-hydrogen) atoms. The lowest BCUT2D eigenvalue weighted by Gasteiger charge is -2.17. The molecule has 2 heteroatoms. The molecule has 0 amide bonds. The van der Waals surface area contributed by atoms with Gasteiger partial charge in [0, 0.05) is 25.0 Å². The lowest BCUT2D eigenvalue weighted by Crippen LogP contribution is -2.17. The Morgan fingerprint density at radius 2 is 2.12 bits per heavy atom. The number of hydrogen-bond donors (Lipinski definition) is 1. The molecule has 0 spiro atoms. The van der Waals surface area contributed by atoms with E-state index in [-0.39, 0.29) is 0 Å². The SMILES string of the molecule is CCCCC(CC)Cn1cccc1CNCC. The topological polar surface area (TPSA) is 17.0 Å². The van der Waals surface area contributed by atoms with Gasteiger partial charge in [-0.15, -0.1) is 0 Å². The molecule has 0 aliphatic rings. The Hall–Kier alpha value is -0.760. The number of unbranched alkanes of at least 4 members (excludes halogenated alkanes) is 1. The number of nitrogens with zero attached hydrogens (tertiary/aromatic N) is 1. The van der Waals surface area contributed by atoms with Crippen molar-refractivity contribution >= 4 is 0 Å². The first-order valence-electron chi connectivity index (χ1n) is 7.16. The molecule has 1 atom stereocenters. The molecule has 0 saturated heterocycles. The number of hydrogen-bond acceptors (Lipinski definition) is 1. The van der Waals surface area contributed by atoms with E-state index < -0.39 is 0 Å². The quantitative estimate of drug-likeness (QED) is 0.690. The largest absolute Gasteiger partial charge is 0.350 e. The van der Waals surface area contributed by atoms with E-state index in [0.29, 0.717) is 0 Å². The van der Waals surface area contributed by atoms with Gasteiger partial charge in [0.2, 0.25) is 0 Å². The Labute approximate surface area is 106 Å². The summed E-state index contributed by atoms with van der Waals surface area (Å²) in [5.41, 5.74) is 1.42. The number of aromatic nitrogens is 1. The fraction of sp³-hybridized carbons (Fsp3) is 0.733. The zero-order chi connectivity index (χ0) is 12.5. The molecule has 2 nitrogen and oxygen atoms in total. The van der Waals surface area contributed by atoms with Crippen LogP contribution in [0.4, 0.5) is 0 Å². The summed E-state index contributed by atoms with van der Waals surface area (Å²) in [6.45, 7) is 9.96. The van der Waals surface area contributed by atoms with Crippen LogP contribution in [0, 0.1) is 5.92 Å². The molecule has 0 saturated carbocycles. The normalized spacial score (nSPS) is 12.9. The molecule has 0 aliphatic carbocycles. The van der Waals surface area contributed by atoms with Gasteiger partial charge < -0.3 is 9.88 Å². The number of rotatable bonds is 9. The molecule has 1 heterocycles. The van der Waals surface area contributed by atoms with Gasteiger partial charge in [-0.3, -0.25) is 0 Å². The van der Waals surface area contributed by atoms with E-state index in [1.807, 2.05) is 0 Å². The Bertz CT molecular complexity index is 291. The Morgan fingerprint density at radius 3 is 2.76 bits per heavy atom. The molecule has 1 aromatic rings. The minimum Gasteiger partial charge on any atom is -0.350 e. The summed E-state index contributed by atoms with van der Waals surface area (Å²) in [6, 6.07) is 4.40. The lowest BCUT2D eigenvalue weighted by molar-refractivity contribution is 0.384. The second-order valence-electron chi connectivity index (χ2n) is 4.85. The van der Waals surface area contributed by atoms with Crippen LogP contribution in [0.2, 0.25) is 0 Å². The minimum atomic E-state index is 0.836. The summed E-state index contributed by atoms with van der Waals surface area (Å²) < 4.78 is 2.42. The summed E-state index contributed by atoms with van der Waals surface area (Å²) in [5, 5.41) is 3.40. The fourth-order valence-corrected chi connectivity index (χ4v) is 2.24. The first-order chi connectivity index (χ1) is 8.31.